The van der Waals surface area contributed by atoms with Crippen molar-refractivity contribution in [1.29, 1.82) is 5.26 Å². The highest BCUT2D eigenvalue weighted by molar-refractivity contribution is 7.14. The predicted octanol–water partition coefficient (Wildman–Crippen LogP) is 5.36. The largest absolute Gasteiger partial charge is 0.387 e. The number of rotatable bonds is 13. The fourth-order valence-electron chi connectivity index (χ4n) is 9.30. The molecule has 10 rings (SSSR count). The maximum absolute atomic E-state index is 13.4. The fourth-order valence-corrected chi connectivity index (χ4v) is 10.4. The first-order valence-electron chi connectivity index (χ1n) is 20.4. The SMILES string of the molecule is CNc1cc(-c2ccc3cc(C#N)cnn23)ncc1-c1nnc(C23CCC(NC(=O)CCCCCNc4cccc5c4C(=O)N(C4CCC(=O)NC4=O)C5=O)(CC2)CC3)s1. The van der Waals surface area contributed by atoms with Gasteiger partial charge in [0.2, 0.25) is 17.7 Å². The van der Waals surface area contributed by atoms with Crippen LogP contribution in [0.4, 0.5) is 11.4 Å². The van der Waals surface area contributed by atoms with Crippen LogP contribution in [-0.2, 0) is 19.8 Å². The molecule has 5 aliphatic rings. The van der Waals surface area contributed by atoms with Gasteiger partial charge in [0, 0.05) is 55.0 Å². The summed E-state index contributed by atoms with van der Waals surface area (Å²) in [4.78, 5) is 69.5. The van der Waals surface area contributed by atoms with Crippen LogP contribution in [0.2, 0.25) is 0 Å². The van der Waals surface area contributed by atoms with E-state index in [-0.39, 0.29) is 40.8 Å². The molecular formula is C43H43N11O5S. The molecule has 1 saturated heterocycles. The number of hydrogen-bond acceptors (Lipinski definition) is 13. The summed E-state index contributed by atoms with van der Waals surface area (Å²) in [6.45, 7) is 0.546. The van der Waals surface area contributed by atoms with Crippen molar-refractivity contribution in [3.05, 3.63) is 76.6 Å². The Kier molecular flexibility index (Phi) is 10.1. The van der Waals surface area contributed by atoms with Crippen LogP contribution in [-0.4, -0.2) is 84.4 Å². The third kappa shape index (κ3) is 6.93. The summed E-state index contributed by atoms with van der Waals surface area (Å²) in [7, 11) is 1.87. The molecule has 2 bridgehead atoms. The predicted molar refractivity (Wildman–Crippen MR) is 222 cm³/mol. The number of piperidine rings is 1. The molecule has 17 heteroatoms. The van der Waals surface area contributed by atoms with Gasteiger partial charge in [-0.25, -0.2) is 4.52 Å². The molecule has 16 nitrogen and oxygen atoms in total. The number of nitrogens with one attached hydrogen (secondary N) is 4. The number of nitriles is 1. The summed E-state index contributed by atoms with van der Waals surface area (Å²) in [6.07, 6.45) is 11.8. The van der Waals surface area contributed by atoms with Crippen LogP contribution in [0.15, 0.2) is 54.9 Å². The van der Waals surface area contributed by atoms with Gasteiger partial charge in [0.25, 0.3) is 11.8 Å². The van der Waals surface area contributed by atoms with Crippen molar-refractivity contribution in [3.8, 4) is 28.0 Å². The Morgan fingerprint density at radius 1 is 0.950 bits per heavy atom. The Labute approximate surface area is 349 Å². The lowest BCUT2D eigenvalue weighted by Crippen LogP contribution is -2.57. The summed E-state index contributed by atoms with van der Waals surface area (Å²) in [5.41, 5.74) is 5.39. The van der Waals surface area contributed by atoms with Crippen LogP contribution < -0.4 is 21.3 Å². The molecule has 4 aromatic heterocycles. The number of benzene rings is 1. The zero-order valence-electron chi connectivity index (χ0n) is 33.0. The van der Waals surface area contributed by atoms with Crippen molar-refractivity contribution < 1.29 is 24.0 Å². The lowest BCUT2D eigenvalue weighted by molar-refractivity contribution is -0.136. The van der Waals surface area contributed by atoms with E-state index >= 15 is 0 Å². The lowest BCUT2D eigenvalue weighted by Gasteiger charge is -2.52. The molecule has 3 saturated carbocycles. The molecule has 5 aromatic rings. The molecule has 3 aliphatic carbocycles. The molecule has 0 radical (unpaired) electrons. The number of imide groups is 2. The average molecular weight is 826 g/mol. The molecule has 4 fully saturated rings. The number of anilines is 2. The van der Waals surface area contributed by atoms with E-state index in [4.69, 9.17) is 10.1 Å². The zero-order chi connectivity index (χ0) is 41.6. The molecule has 0 spiro atoms. The first-order chi connectivity index (χ1) is 29.1. The Hall–Kier alpha value is -6.54. The number of hydrogen-bond donors (Lipinski definition) is 4. The number of carbonyl (C=O) groups is 5. The quantitative estimate of drug-likeness (QED) is 0.0872. The van der Waals surface area contributed by atoms with Gasteiger partial charge in [-0.1, -0.05) is 23.8 Å². The second-order valence-corrected chi connectivity index (χ2v) is 17.2. The van der Waals surface area contributed by atoms with Crippen LogP contribution in [0.25, 0.3) is 27.5 Å². The van der Waals surface area contributed by atoms with E-state index in [0.717, 1.165) is 101 Å². The van der Waals surface area contributed by atoms with E-state index in [1.54, 1.807) is 46.3 Å². The Morgan fingerprint density at radius 2 is 1.77 bits per heavy atom. The number of amides is 5. The van der Waals surface area contributed by atoms with Crippen LogP contribution in [0.5, 0.6) is 0 Å². The van der Waals surface area contributed by atoms with Crippen molar-refractivity contribution in [2.45, 2.75) is 94.0 Å². The van der Waals surface area contributed by atoms with Gasteiger partial charge in [0.1, 0.15) is 17.1 Å². The number of nitrogens with zero attached hydrogens (tertiary/aromatic N) is 7. The molecular weight excluding hydrogens is 783 g/mol. The summed E-state index contributed by atoms with van der Waals surface area (Å²) in [6, 6.07) is 13.8. The smallest absolute Gasteiger partial charge is 0.264 e. The topological polar surface area (TPSA) is 216 Å². The van der Waals surface area contributed by atoms with Crippen molar-refractivity contribution in [2.75, 3.05) is 24.2 Å². The number of fused-ring (bicyclic) bond motifs is 5. The summed E-state index contributed by atoms with van der Waals surface area (Å²) in [5, 5.41) is 37.1. The molecule has 306 valence electrons. The maximum Gasteiger partial charge on any atom is 0.264 e. The second kappa shape index (κ2) is 15.6. The lowest BCUT2D eigenvalue weighted by atomic mass is 9.57. The molecule has 4 N–H and O–H groups in total. The standard InChI is InChI=1S/C43H43N11O5S/c1-45-30-21-31(32-10-9-26-20-25(22-44)23-48-54(26)32)47-24-28(30)38-51-52-41(60-38)42-13-16-43(17-14-42,18-15-42)50-35(56)8-3-2-4-19-46-29-7-5-6-27-36(29)40(59)53(39(27)58)33-11-12-34(55)49-37(33)57/h5-7,9-10,20-21,23-24,33,46H,2-4,8,11-19H2,1H3,(H,45,47)(H,50,56)(H,49,55,57). The van der Waals surface area contributed by atoms with Crippen LogP contribution in [0, 0.1) is 11.3 Å². The van der Waals surface area contributed by atoms with Crippen LogP contribution in [0.3, 0.4) is 0 Å². The molecule has 1 aromatic carbocycles. The molecule has 5 amide bonds. The number of pyridine rings is 1. The fraction of sp³-hybridized carbons (Fsp3) is 0.395. The van der Waals surface area contributed by atoms with E-state index in [1.165, 1.54) is 0 Å². The van der Waals surface area contributed by atoms with Crippen molar-refractivity contribution in [2.24, 2.45) is 0 Å². The minimum atomic E-state index is -1.01. The Bertz CT molecular complexity index is 2600. The summed E-state index contributed by atoms with van der Waals surface area (Å²) >= 11 is 1.62. The Balaban J connectivity index is 0.751. The third-order valence-electron chi connectivity index (χ3n) is 12.7. The summed E-state index contributed by atoms with van der Waals surface area (Å²) < 4.78 is 1.77. The van der Waals surface area contributed by atoms with Gasteiger partial charge < -0.3 is 16.0 Å². The molecule has 2 aliphatic heterocycles. The van der Waals surface area contributed by atoms with Crippen molar-refractivity contribution in [1.82, 2.24) is 40.3 Å². The van der Waals surface area contributed by atoms with E-state index < -0.39 is 29.7 Å². The monoisotopic (exact) mass is 825 g/mol. The van der Waals surface area contributed by atoms with Gasteiger partial charge >= 0.3 is 0 Å². The van der Waals surface area contributed by atoms with Crippen LogP contribution >= 0.6 is 11.3 Å². The number of unbranched alkanes of at least 4 members (excludes halogenated alkanes) is 2. The van der Waals surface area contributed by atoms with Gasteiger partial charge in [0.05, 0.1) is 45.4 Å². The average Bonchev–Trinajstić information content (AvgIpc) is 4.00. The minimum Gasteiger partial charge on any atom is -0.387 e. The third-order valence-corrected chi connectivity index (χ3v) is 13.9. The van der Waals surface area contributed by atoms with E-state index in [9.17, 15) is 29.2 Å². The van der Waals surface area contributed by atoms with E-state index in [1.807, 2.05) is 31.4 Å². The first-order valence-corrected chi connectivity index (χ1v) is 21.2. The molecule has 60 heavy (non-hydrogen) atoms. The normalized spacial score (nSPS) is 22.1. The van der Waals surface area contributed by atoms with E-state index in [0.29, 0.717) is 24.2 Å². The number of aromatic nitrogens is 5. The maximum atomic E-state index is 13.4. The highest BCUT2D eigenvalue weighted by Gasteiger charge is 2.52. The zero-order valence-corrected chi connectivity index (χ0v) is 33.9. The summed E-state index contributed by atoms with van der Waals surface area (Å²) in [5.74, 6) is -2.05. The van der Waals surface area contributed by atoms with Gasteiger partial charge in [-0.05, 0) is 94.2 Å². The van der Waals surface area contributed by atoms with Crippen LogP contribution in [0.1, 0.15) is 108 Å². The van der Waals surface area contributed by atoms with Crippen molar-refractivity contribution >= 4 is 57.8 Å². The van der Waals surface area contributed by atoms with Crippen molar-refractivity contribution in [3.63, 3.8) is 0 Å². The molecule has 6 heterocycles. The van der Waals surface area contributed by atoms with Gasteiger partial charge in [-0.15, -0.1) is 10.2 Å². The van der Waals surface area contributed by atoms with Gasteiger partial charge in [-0.2, -0.15) is 10.4 Å². The van der Waals surface area contributed by atoms with Gasteiger partial charge in [0.15, 0.2) is 5.01 Å². The second-order valence-electron chi connectivity index (χ2n) is 16.2. The molecule has 1 atom stereocenters. The van der Waals surface area contributed by atoms with E-state index in [2.05, 4.69) is 37.5 Å². The highest BCUT2D eigenvalue weighted by Crippen LogP contribution is 2.54. The Morgan fingerprint density at radius 3 is 2.53 bits per heavy atom. The molecule has 1 unspecified atom stereocenters. The first kappa shape index (κ1) is 38.9. The number of carbonyl (C=O) groups excluding carboxylic acids is 5. The minimum absolute atomic E-state index is 0.0542. The highest BCUT2D eigenvalue weighted by atomic mass is 32.1. The van der Waals surface area contributed by atoms with Gasteiger partial charge in [-0.3, -0.25) is 39.2 Å².